The number of nitrogens with two attached hydrogens (primary N) is 1. The van der Waals surface area contributed by atoms with Gasteiger partial charge in [-0.2, -0.15) is 10.2 Å². The summed E-state index contributed by atoms with van der Waals surface area (Å²) in [5.74, 6) is -0.356. The number of nitrogens with one attached hydrogen (secondary N) is 1. The van der Waals surface area contributed by atoms with Crippen molar-refractivity contribution in [3.8, 4) is 17.5 Å². The number of hydrogen-bond acceptors (Lipinski definition) is 7. The molecule has 4 rings (SSSR count). The lowest BCUT2D eigenvalue weighted by atomic mass is 10.1. The highest BCUT2D eigenvalue weighted by atomic mass is 35.5. The van der Waals surface area contributed by atoms with Gasteiger partial charge in [0, 0.05) is 11.8 Å². The number of rotatable bonds is 5. The Morgan fingerprint density at radius 2 is 2.09 bits per heavy atom. The van der Waals surface area contributed by atoms with E-state index in [2.05, 4.69) is 15.3 Å². The number of nitriles is 1. The van der Waals surface area contributed by atoms with E-state index in [0.29, 0.717) is 27.2 Å². The van der Waals surface area contributed by atoms with E-state index in [4.69, 9.17) is 22.1 Å². The van der Waals surface area contributed by atoms with E-state index >= 15 is 0 Å². The van der Waals surface area contributed by atoms with Crippen LogP contribution in [0.1, 0.15) is 24.2 Å². The zero-order valence-corrected chi connectivity index (χ0v) is 18.4. The summed E-state index contributed by atoms with van der Waals surface area (Å²) in [4.78, 5) is 21.5. The average Bonchev–Trinajstić information content (AvgIpc) is 2.79. The van der Waals surface area contributed by atoms with E-state index in [1.165, 1.54) is 36.1 Å². The maximum absolute atomic E-state index is 14.1. The summed E-state index contributed by atoms with van der Waals surface area (Å²) in [6, 6.07) is 12.6. The summed E-state index contributed by atoms with van der Waals surface area (Å²) in [6.45, 7) is 1.79. The average molecular weight is 465 g/mol. The fraction of sp³-hybridized carbons (Fsp3) is 0.130. The molecule has 2 aromatic carbocycles. The van der Waals surface area contributed by atoms with Crippen molar-refractivity contribution in [2.24, 2.45) is 0 Å². The molecule has 2 heterocycles. The molecule has 0 saturated carbocycles. The summed E-state index contributed by atoms with van der Waals surface area (Å²) in [7, 11) is 1.34. The topological polar surface area (TPSA) is 119 Å². The first-order chi connectivity index (χ1) is 15.8. The SMILES string of the molecule is COc1cc(-n2c([C@H](C)Nc3nc(N)ncc3C#N)cc3cccc(Cl)c3c2=O)ccc1F. The zero-order chi connectivity index (χ0) is 23.7. The number of nitrogens with zero attached hydrogens (tertiary/aromatic N) is 4. The van der Waals surface area contributed by atoms with Crippen LogP contribution in [0.25, 0.3) is 16.5 Å². The first kappa shape index (κ1) is 22.0. The van der Waals surface area contributed by atoms with Crippen LogP contribution in [0, 0.1) is 17.1 Å². The molecule has 0 spiro atoms. The Balaban J connectivity index is 1.96. The maximum atomic E-state index is 14.1. The van der Waals surface area contributed by atoms with Crippen molar-refractivity contribution in [3.05, 3.63) is 81.1 Å². The second-order valence-electron chi connectivity index (χ2n) is 7.20. The van der Waals surface area contributed by atoms with E-state index in [1.807, 2.05) is 6.07 Å². The number of ether oxygens (including phenoxy) is 1. The fourth-order valence-electron chi connectivity index (χ4n) is 3.58. The van der Waals surface area contributed by atoms with Crippen LogP contribution in [0.5, 0.6) is 5.75 Å². The quantitative estimate of drug-likeness (QED) is 0.454. The number of methoxy groups -OCH3 is 1. The molecule has 0 amide bonds. The number of hydrogen-bond donors (Lipinski definition) is 2. The predicted molar refractivity (Wildman–Crippen MR) is 124 cm³/mol. The van der Waals surface area contributed by atoms with Crippen molar-refractivity contribution in [1.82, 2.24) is 14.5 Å². The van der Waals surface area contributed by atoms with Crippen LogP contribution in [-0.2, 0) is 0 Å². The van der Waals surface area contributed by atoms with Crippen LogP contribution >= 0.6 is 11.6 Å². The lowest BCUT2D eigenvalue weighted by Crippen LogP contribution is -2.26. The highest BCUT2D eigenvalue weighted by molar-refractivity contribution is 6.35. The molecular weight excluding hydrogens is 447 g/mol. The van der Waals surface area contributed by atoms with Crippen molar-refractivity contribution >= 4 is 34.1 Å². The molecule has 166 valence electrons. The summed E-state index contributed by atoms with van der Waals surface area (Å²) < 4.78 is 20.6. The number of anilines is 2. The Morgan fingerprint density at radius 1 is 1.30 bits per heavy atom. The second-order valence-corrected chi connectivity index (χ2v) is 7.61. The molecule has 0 bridgehead atoms. The lowest BCUT2D eigenvalue weighted by molar-refractivity contribution is 0.386. The Hall–Kier alpha value is -4.16. The van der Waals surface area contributed by atoms with Gasteiger partial charge >= 0.3 is 0 Å². The third-order valence-corrected chi connectivity index (χ3v) is 5.46. The minimum atomic E-state index is -0.559. The van der Waals surface area contributed by atoms with Gasteiger partial charge in [0.25, 0.3) is 5.56 Å². The number of halogens is 2. The Kier molecular flexibility index (Phi) is 5.85. The van der Waals surface area contributed by atoms with Crippen molar-refractivity contribution in [3.63, 3.8) is 0 Å². The third kappa shape index (κ3) is 4.04. The van der Waals surface area contributed by atoms with Crippen molar-refractivity contribution in [2.75, 3.05) is 18.2 Å². The standard InChI is InChI=1S/C23H18ClFN6O2/c1-12(29-21-14(10-26)11-28-23(27)30-21)18-8-13-4-3-5-16(24)20(13)22(32)31(18)15-6-7-17(25)19(9-15)33-2/h3-9,11-12H,1-2H3,(H3,27,28,29,30)/t12-/m0/s1. The number of fused-ring (bicyclic) bond motifs is 1. The Labute approximate surface area is 193 Å². The van der Waals surface area contributed by atoms with Gasteiger partial charge in [0.1, 0.15) is 17.5 Å². The van der Waals surface area contributed by atoms with Gasteiger partial charge in [-0.1, -0.05) is 23.7 Å². The largest absolute Gasteiger partial charge is 0.494 e. The third-order valence-electron chi connectivity index (χ3n) is 5.14. The van der Waals surface area contributed by atoms with Gasteiger partial charge in [0.05, 0.1) is 35.4 Å². The van der Waals surface area contributed by atoms with Gasteiger partial charge in [-0.15, -0.1) is 0 Å². The fourth-order valence-corrected chi connectivity index (χ4v) is 3.84. The first-order valence-electron chi connectivity index (χ1n) is 9.81. The first-order valence-corrected chi connectivity index (χ1v) is 10.2. The number of benzene rings is 2. The van der Waals surface area contributed by atoms with Crippen LogP contribution in [0.15, 0.2) is 53.5 Å². The van der Waals surface area contributed by atoms with Crippen LogP contribution in [0.4, 0.5) is 16.2 Å². The Bertz CT molecular complexity index is 1480. The normalized spacial score (nSPS) is 11.7. The van der Waals surface area contributed by atoms with Crippen LogP contribution in [-0.4, -0.2) is 21.6 Å². The van der Waals surface area contributed by atoms with Crippen LogP contribution in [0.3, 0.4) is 0 Å². The molecular formula is C23H18ClFN6O2. The van der Waals surface area contributed by atoms with E-state index < -0.39 is 17.4 Å². The van der Waals surface area contributed by atoms with Gasteiger partial charge in [-0.05, 0) is 36.6 Å². The van der Waals surface area contributed by atoms with Gasteiger partial charge in [0.2, 0.25) is 5.95 Å². The Morgan fingerprint density at radius 3 is 2.82 bits per heavy atom. The van der Waals surface area contributed by atoms with Crippen molar-refractivity contribution in [2.45, 2.75) is 13.0 Å². The number of pyridine rings is 1. The molecule has 2 aromatic heterocycles. The van der Waals surface area contributed by atoms with Crippen molar-refractivity contribution in [1.29, 1.82) is 5.26 Å². The summed E-state index contributed by atoms with van der Waals surface area (Å²) >= 11 is 6.34. The highest BCUT2D eigenvalue weighted by Gasteiger charge is 2.20. The minimum absolute atomic E-state index is 0.00495. The van der Waals surface area contributed by atoms with Crippen molar-refractivity contribution < 1.29 is 9.13 Å². The molecule has 0 radical (unpaired) electrons. The predicted octanol–water partition coefficient (Wildman–Crippen LogP) is 4.21. The van der Waals surface area contributed by atoms with Gasteiger partial charge in [-0.3, -0.25) is 9.36 Å². The zero-order valence-electron chi connectivity index (χ0n) is 17.6. The summed E-state index contributed by atoms with van der Waals surface area (Å²) in [5, 5.41) is 13.8. The second kappa shape index (κ2) is 8.76. The van der Waals surface area contributed by atoms with Gasteiger partial charge in [0.15, 0.2) is 11.6 Å². The van der Waals surface area contributed by atoms with E-state index in [9.17, 15) is 14.4 Å². The van der Waals surface area contributed by atoms with Gasteiger partial charge < -0.3 is 15.8 Å². The molecule has 10 heteroatoms. The minimum Gasteiger partial charge on any atom is -0.494 e. The molecule has 33 heavy (non-hydrogen) atoms. The van der Waals surface area contributed by atoms with E-state index in [1.54, 1.807) is 31.2 Å². The molecule has 0 unspecified atom stereocenters. The molecule has 0 saturated heterocycles. The molecule has 0 aliphatic heterocycles. The summed E-state index contributed by atoms with van der Waals surface area (Å²) in [5.41, 5.74) is 6.39. The lowest BCUT2D eigenvalue weighted by Gasteiger charge is -2.22. The van der Waals surface area contributed by atoms with Gasteiger partial charge in [-0.25, -0.2) is 9.37 Å². The molecule has 1 atom stereocenters. The van der Waals surface area contributed by atoms with Crippen LogP contribution in [0.2, 0.25) is 5.02 Å². The van der Waals surface area contributed by atoms with Crippen LogP contribution < -0.4 is 21.3 Å². The monoisotopic (exact) mass is 464 g/mol. The molecule has 8 nitrogen and oxygen atoms in total. The molecule has 0 aliphatic rings. The van der Waals surface area contributed by atoms with E-state index in [-0.39, 0.29) is 23.1 Å². The molecule has 0 fully saturated rings. The molecule has 0 aliphatic carbocycles. The highest BCUT2D eigenvalue weighted by Crippen LogP contribution is 2.29. The molecule has 3 N–H and O–H groups in total. The smallest absolute Gasteiger partial charge is 0.264 e. The summed E-state index contributed by atoms with van der Waals surface area (Å²) in [6.07, 6.45) is 1.31. The van der Waals surface area contributed by atoms with E-state index in [0.717, 1.165) is 0 Å². The molecule has 4 aromatic rings. The number of aromatic nitrogens is 3. The maximum Gasteiger partial charge on any atom is 0.264 e. The number of nitrogen functional groups attached to an aromatic ring is 1.